The lowest BCUT2D eigenvalue weighted by atomic mass is 10.1. The minimum atomic E-state index is -0.504. The van der Waals surface area contributed by atoms with E-state index in [4.69, 9.17) is 14.2 Å². The number of carbonyl (C=O) groups is 2. The van der Waals surface area contributed by atoms with Gasteiger partial charge in [-0.25, -0.2) is 0 Å². The Morgan fingerprint density at radius 3 is 2.28 bits per heavy atom. The molecule has 0 saturated carbocycles. The Morgan fingerprint density at radius 1 is 0.897 bits per heavy atom. The van der Waals surface area contributed by atoms with Crippen LogP contribution in [-0.2, 0) is 9.53 Å². The number of fused-ring (bicyclic) bond motifs is 4. The van der Waals surface area contributed by atoms with Gasteiger partial charge >= 0.3 is 5.97 Å². The molecular weight excluding hydrogens is 370 g/mol. The maximum atomic E-state index is 12.5. The summed E-state index contributed by atoms with van der Waals surface area (Å²) >= 11 is 0. The summed E-state index contributed by atoms with van der Waals surface area (Å²) in [5.74, 6) is 0.224. The van der Waals surface area contributed by atoms with Crippen molar-refractivity contribution < 1.29 is 23.8 Å². The van der Waals surface area contributed by atoms with Crippen LogP contribution in [0.1, 0.15) is 27.6 Å². The van der Waals surface area contributed by atoms with Crippen molar-refractivity contribution in [2.45, 2.75) is 6.10 Å². The second kappa shape index (κ2) is 6.98. The molecule has 1 amide bonds. The van der Waals surface area contributed by atoms with Crippen molar-refractivity contribution in [2.75, 3.05) is 13.3 Å². The third-order valence-electron chi connectivity index (χ3n) is 5.05. The van der Waals surface area contributed by atoms with Crippen molar-refractivity contribution in [3.63, 3.8) is 0 Å². The number of amides is 1. The average molecular weight is 387 g/mol. The van der Waals surface area contributed by atoms with Crippen LogP contribution in [0.2, 0.25) is 0 Å². The van der Waals surface area contributed by atoms with E-state index in [2.05, 4.69) is 5.32 Å². The lowest BCUT2D eigenvalue weighted by molar-refractivity contribution is -0.146. The summed E-state index contributed by atoms with van der Waals surface area (Å²) in [6.45, 7) is -0.0921. The van der Waals surface area contributed by atoms with Gasteiger partial charge in [-0.15, -0.1) is 0 Å². The zero-order valence-electron chi connectivity index (χ0n) is 15.4. The Morgan fingerprint density at radius 2 is 1.55 bits per heavy atom. The lowest BCUT2D eigenvalue weighted by Gasteiger charge is -2.15. The Bertz CT molecular complexity index is 1080. The van der Waals surface area contributed by atoms with Crippen molar-refractivity contribution >= 4 is 11.9 Å². The molecule has 0 unspecified atom stereocenters. The van der Waals surface area contributed by atoms with Gasteiger partial charge in [0.1, 0.15) is 6.54 Å². The van der Waals surface area contributed by atoms with Crippen LogP contribution in [-0.4, -0.2) is 25.2 Å². The average Bonchev–Trinajstić information content (AvgIpc) is 3.35. The fourth-order valence-electron chi connectivity index (χ4n) is 3.70. The summed E-state index contributed by atoms with van der Waals surface area (Å²) in [4.78, 5) is 24.8. The van der Waals surface area contributed by atoms with Gasteiger partial charge in [0.25, 0.3) is 5.91 Å². The SMILES string of the molecule is O=C(CNC(=O)c1ccc2c(c1)OCO2)OC1c2ccccc2-c2ccccc21. The fourth-order valence-corrected chi connectivity index (χ4v) is 3.70. The second-order valence-electron chi connectivity index (χ2n) is 6.80. The smallest absolute Gasteiger partial charge is 0.326 e. The summed E-state index contributed by atoms with van der Waals surface area (Å²) in [5, 5.41) is 2.60. The molecule has 1 aliphatic carbocycles. The summed E-state index contributed by atoms with van der Waals surface area (Å²) < 4.78 is 16.2. The highest BCUT2D eigenvalue weighted by atomic mass is 16.7. The number of rotatable bonds is 4. The molecule has 0 aromatic heterocycles. The number of ether oxygens (including phenoxy) is 3. The van der Waals surface area contributed by atoms with E-state index in [1.54, 1.807) is 18.2 Å². The molecule has 3 aromatic carbocycles. The Hall–Kier alpha value is -3.80. The molecule has 0 saturated heterocycles. The van der Waals surface area contributed by atoms with Crippen LogP contribution >= 0.6 is 0 Å². The number of esters is 1. The van der Waals surface area contributed by atoms with Gasteiger partial charge in [0.05, 0.1) is 0 Å². The first-order valence-corrected chi connectivity index (χ1v) is 9.26. The highest BCUT2D eigenvalue weighted by Gasteiger charge is 2.31. The van der Waals surface area contributed by atoms with E-state index >= 15 is 0 Å². The number of hydrogen-bond acceptors (Lipinski definition) is 5. The fraction of sp³-hybridized carbons (Fsp3) is 0.130. The van der Waals surface area contributed by atoms with Crippen molar-refractivity contribution in [1.29, 1.82) is 0 Å². The Labute approximate surface area is 167 Å². The van der Waals surface area contributed by atoms with Gasteiger partial charge in [0.15, 0.2) is 17.6 Å². The van der Waals surface area contributed by atoms with E-state index in [9.17, 15) is 9.59 Å². The lowest BCUT2D eigenvalue weighted by Crippen LogP contribution is -2.31. The highest BCUT2D eigenvalue weighted by Crippen LogP contribution is 2.45. The molecule has 1 heterocycles. The Balaban J connectivity index is 1.27. The van der Waals surface area contributed by atoms with E-state index in [1.165, 1.54) is 0 Å². The van der Waals surface area contributed by atoms with E-state index in [0.717, 1.165) is 22.3 Å². The van der Waals surface area contributed by atoms with E-state index < -0.39 is 12.1 Å². The van der Waals surface area contributed by atoms with Gasteiger partial charge in [-0.3, -0.25) is 9.59 Å². The van der Waals surface area contributed by atoms with Crippen LogP contribution in [0.4, 0.5) is 0 Å². The second-order valence-corrected chi connectivity index (χ2v) is 6.80. The first-order chi connectivity index (χ1) is 14.2. The van der Waals surface area contributed by atoms with E-state index in [0.29, 0.717) is 17.1 Å². The predicted octanol–water partition coefficient (Wildman–Crippen LogP) is 3.46. The van der Waals surface area contributed by atoms with Gasteiger partial charge < -0.3 is 19.5 Å². The standard InChI is InChI=1S/C23H17NO5/c25-21(12-24-23(26)14-9-10-19-20(11-14)28-13-27-19)29-22-17-7-3-1-5-15(17)16-6-2-4-8-18(16)22/h1-11,22H,12-13H2,(H,24,26). The largest absolute Gasteiger partial charge is 0.454 e. The summed E-state index contributed by atoms with van der Waals surface area (Å²) in [6, 6.07) is 20.6. The summed E-state index contributed by atoms with van der Waals surface area (Å²) in [6.07, 6.45) is -0.475. The van der Waals surface area contributed by atoms with Crippen LogP contribution in [0.15, 0.2) is 66.7 Å². The molecule has 6 heteroatoms. The zero-order valence-corrected chi connectivity index (χ0v) is 15.4. The molecule has 1 aliphatic heterocycles. The number of carbonyl (C=O) groups excluding carboxylic acids is 2. The molecule has 3 aromatic rings. The third-order valence-corrected chi connectivity index (χ3v) is 5.05. The summed E-state index contributed by atoms with van der Waals surface area (Å²) in [5.41, 5.74) is 4.41. The predicted molar refractivity (Wildman–Crippen MR) is 105 cm³/mol. The quantitative estimate of drug-likeness (QED) is 0.694. The molecule has 0 atom stereocenters. The maximum absolute atomic E-state index is 12.5. The van der Waals surface area contributed by atoms with Crippen molar-refractivity contribution in [3.05, 3.63) is 83.4 Å². The van der Waals surface area contributed by atoms with Gasteiger partial charge in [-0.2, -0.15) is 0 Å². The van der Waals surface area contributed by atoms with Crippen molar-refractivity contribution in [3.8, 4) is 22.6 Å². The van der Waals surface area contributed by atoms with Gasteiger partial charge in [-0.05, 0) is 29.3 Å². The molecule has 144 valence electrons. The van der Waals surface area contributed by atoms with Gasteiger partial charge in [0.2, 0.25) is 6.79 Å². The molecule has 0 radical (unpaired) electrons. The molecule has 0 fully saturated rings. The molecule has 6 nitrogen and oxygen atoms in total. The van der Waals surface area contributed by atoms with Gasteiger partial charge in [0, 0.05) is 16.7 Å². The topological polar surface area (TPSA) is 73.9 Å². The summed E-state index contributed by atoms with van der Waals surface area (Å²) in [7, 11) is 0. The van der Waals surface area contributed by atoms with E-state index in [1.807, 2.05) is 48.5 Å². The minimum Gasteiger partial charge on any atom is -0.454 e. The highest BCUT2D eigenvalue weighted by molar-refractivity contribution is 5.96. The maximum Gasteiger partial charge on any atom is 0.326 e. The Kier molecular flexibility index (Phi) is 4.17. The molecule has 1 N–H and O–H groups in total. The van der Waals surface area contributed by atoms with Crippen molar-refractivity contribution in [2.24, 2.45) is 0 Å². The first-order valence-electron chi connectivity index (χ1n) is 9.26. The number of benzene rings is 3. The number of hydrogen-bond donors (Lipinski definition) is 1. The molecule has 5 rings (SSSR count). The van der Waals surface area contributed by atoms with Crippen molar-refractivity contribution in [1.82, 2.24) is 5.32 Å². The monoisotopic (exact) mass is 387 g/mol. The van der Waals surface area contributed by atoms with Crippen LogP contribution in [0, 0.1) is 0 Å². The van der Waals surface area contributed by atoms with E-state index in [-0.39, 0.29) is 19.2 Å². The minimum absolute atomic E-state index is 0.136. The van der Waals surface area contributed by atoms with Crippen LogP contribution in [0.25, 0.3) is 11.1 Å². The molecule has 29 heavy (non-hydrogen) atoms. The van der Waals surface area contributed by atoms with Gasteiger partial charge in [-0.1, -0.05) is 48.5 Å². The normalized spacial score (nSPS) is 13.5. The molecule has 0 spiro atoms. The molecule has 2 aliphatic rings. The van der Waals surface area contributed by atoms with Crippen LogP contribution < -0.4 is 14.8 Å². The number of nitrogens with one attached hydrogen (secondary N) is 1. The third kappa shape index (κ3) is 3.08. The van der Waals surface area contributed by atoms with Crippen LogP contribution in [0.3, 0.4) is 0 Å². The zero-order chi connectivity index (χ0) is 19.8. The molecular formula is C23H17NO5. The molecule has 0 bridgehead atoms. The first kappa shape index (κ1) is 17.3. The van der Waals surface area contributed by atoms with Crippen LogP contribution in [0.5, 0.6) is 11.5 Å².